The SMILES string of the molecule is Cc1cc(C(=O)NCc2sccc2C)c2cnn(Cc3cccs3)c2n1. The molecule has 4 aromatic rings. The molecule has 0 aliphatic heterocycles. The van der Waals surface area contributed by atoms with Gasteiger partial charge in [-0.05, 0) is 48.4 Å². The standard InChI is InChI=1S/C19H18N4OS2/c1-12-5-7-26-17(12)10-20-19(24)15-8-13(2)22-18-16(15)9-21-23(18)11-14-4-3-6-25-14/h3-9H,10-11H2,1-2H3,(H,20,24). The van der Waals surface area contributed by atoms with Crippen LogP contribution in [0.4, 0.5) is 0 Å². The van der Waals surface area contributed by atoms with E-state index in [9.17, 15) is 4.79 Å². The highest BCUT2D eigenvalue weighted by Crippen LogP contribution is 2.21. The molecule has 0 fully saturated rings. The molecule has 0 saturated heterocycles. The summed E-state index contributed by atoms with van der Waals surface area (Å²) in [7, 11) is 0. The van der Waals surface area contributed by atoms with E-state index in [-0.39, 0.29) is 5.91 Å². The number of pyridine rings is 1. The number of aryl methyl sites for hydroxylation is 2. The zero-order chi connectivity index (χ0) is 18.1. The number of thiophene rings is 2. The van der Waals surface area contributed by atoms with Gasteiger partial charge in [-0.25, -0.2) is 9.67 Å². The number of fused-ring (bicyclic) bond motifs is 1. The molecule has 1 N–H and O–H groups in total. The second-order valence-electron chi connectivity index (χ2n) is 6.14. The average Bonchev–Trinajstić information content (AvgIpc) is 3.35. The van der Waals surface area contributed by atoms with Crippen LogP contribution < -0.4 is 5.32 Å². The van der Waals surface area contributed by atoms with Crippen molar-refractivity contribution in [2.24, 2.45) is 0 Å². The third-order valence-electron chi connectivity index (χ3n) is 4.25. The fourth-order valence-electron chi connectivity index (χ4n) is 2.87. The molecule has 0 aliphatic carbocycles. The lowest BCUT2D eigenvalue weighted by Crippen LogP contribution is -2.23. The highest BCUT2D eigenvalue weighted by atomic mass is 32.1. The topological polar surface area (TPSA) is 59.8 Å². The highest BCUT2D eigenvalue weighted by Gasteiger charge is 2.16. The second-order valence-corrected chi connectivity index (χ2v) is 8.17. The fourth-order valence-corrected chi connectivity index (χ4v) is 4.40. The number of hydrogen-bond acceptors (Lipinski definition) is 5. The van der Waals surface area contributed by atoms with Gasteiger partial charge in [0.25, 0.3) is 5.91 Å². The van der Waals surface area contributed by atoms with Gasteiger partial charge in [0.15, 0.2) is 5.65 Å². The quantitative estimate of drug-likeness (QED) is 0.564. The first kappa shape index (κ1) is 16.9. The Hall–Kier alpha value is -2.51. The van der Waals surface area contributed by atoms with Crippen LogP contribution >= 0.6 is 22.7 Å². The maximum atomic E-state index is 12.8. The van der Waals surface area contributed by atoms with Crippen molar-refractivity contribution in [3.8, 4) is 0 Å². The first-order chi connectivity index (χ1) is 12.6. The molecule has 0 atom stereocenters. The van der Waals surface area contributed by atoms with Crippen LogP contribution in [-0.2, 0) is 13.1 Å². The van der Waals surface area contributed by atoms with Crippen molar-refractivity contribution in [3.05, 3.63) is 67.8 Å². The molecule has 132 valence electrons. The van der Waals surface area contributed by atoms with E-state index in [1.165, 1.54) is 15.3 Å². The van der Waals surface area contributed by atoms with E-state index < -0.39 is 0 Å². The highest BCUT2D eigenvalue weighted by molar-refractivity contribution is 7.10. The van der Waals surface area contributed by atoms with Gasteiger partial charge in [-0.1, -0.05) is 6.07 Å². The Kier molecular flexibility index (Phi) is 4.57. The molecule has 4 heterocycles. The normalized spacial score (nSPS) is 11.2. The lowest BCUT2D eigenvalue weighted by atomic mass is 10.1. The van der Waals surface area contributed by atoms with Gasteiger partial charge in [-0.2, -0.15) is 5.10 Å². The minimum absolute atomic E-state index is 0.0935. The minimum atomic E-state index is -0.0935. The van der Waals surface area contributed by atoms with Crippen LogP contribution in [0.25, 0.3) is 11.0 Å². The molecular weight excluding hydrogens is 364 g/mol. The Morgan fingerprint density at radius 2 is 2.12 bits per heavy atom. The molecule has 7 heteroatoms. The molecule has 0 aliphatic rings. The van der Waals surface area contributed by atoms with Crippen LogP contribution in [0.3, 0.4) is 0 Å². The van der Waals surface area contributed by atoms with Gasteiger partial charge in [0.05, 0.1) is 30.2 Å². The summed E-state index contributed by atoms with van der Waals surface area (Å²) in [5.41, 5.74) is 3.38. The van der Waals surface area contributed by atoms with Crippen molar-refractivity contribution in [3.63, 3.8) is 0 Å². The Balaban J connectivity index is 1.63. The Morgan fingerprint density at radius 3 is 2.85 bits per heavy atom. The molecule has 0 saturated carbocycles. The van der Waals surface area contributed by atoms with Crippen LogP contribution in [0, 0.1) is 13.8 Å². The maximum Gasteiger partial charge on any atom is 0.252 e. The summed E-state index contributed by atoms with van der Waals surface area (Å²) >= 11 is 3.34. The van der Waals surface area contributed by atoms with E-state index in [1.807, 2.05) is 34.5 Å². The predicted molar refractivity (Wildman–Crippen MR) is 106 cm³/mol. The van der Waals surface area contributed by atoms with Gasteiger partial charge in [0.2, 0.25) is 0 Å². The van der Waals surface area contributed by atoms with Crippen LogP contribution in [0.15, 0.2) is 41.2 Å². The lowest BCUT2D eigenvalue weighted by Gasteiger charge is -2.08. The van der Waals surface area contributed by atoms with E-state index in [2.05, 4.69) is 34.5 Å². The van der Waals surface area contributed by atoms with E-state index in [0.29, 0.717) is 18.7 Å². The minimum Gasteiger partial charge on any atom is -0.347 e. The largest absolute Gasteiger partial charge is 0.347 e. The number of rotatable bonds is 5. The van der Waals surface area contributed by atoms with Gasteiger partial charge in [-0.15, -0.1) is 22.7 Å². The molecular formula is C19H18N4OS2. The van der Waals surface area contributed by atoms with Crippen LogP contribution in [0.1, 0.15) is 31.4 Å². The second kappa shape index (κ2) is 7.01. The Labute approximate surface area is 159 Å². The van der Waals surface area contributed by atoms with Gasteiger partial charge in [0, 0.05) is 15.4 Å². The Morgan fingerprint density at radius 1 is 1.23 bits per heavy atom. The van der Waals surface area contributed by atoms with Crippen LogP contribution in [0.2, 0.25) is 0 Å². The van der Waals surface area contributed by atoms with Gasteiger partial charge >= 0.3 is 0 Å². The summed E-state index contributed by atoms with van der Waals surface area (Å²) in [4.78, 5) is 19.8. The molecule has 4 aromatic heterocycles. The van der Waals surface area contributed by atoms with Crippen molar-refractivity contribution < 1.29 is 4.79 Å². The maximum absolute atomic E-state index is 12.8. The number of nitrogens with zero attached hydrogens (tertiary/aromatic N) is 3. The summed E-state index contributed by atoms with van der Waals surface area (Å²) < 4.78 is 1.86. The fraction of sp³-hybridized carbons (Fsp3) is 0.211. The number of hydrogen-bond donors (Lipinski definition) is 1. The van der Waals surface area contributed by atoms with Crippen molar-refractivity contribution in [1.82, 2.24) is 20.1 Å². The predicted octanol–water partition coefficient (Wildman–Crippen LogP) is 4.15. The third-order valence-corrected chi connectivity index (χ3v) is 6.13. The van der Waals surface area contributed by atoms with Crippen molar-refractivity contribution in [1.29, 1.82) is 0 Å². The average molecular weight is 383 g/mol. The molecule has 4 rings (SSSR count). The van der Waals surface area contributed by atoms with Crippen molar-refractivity contribution >= 4 is 39.6 Å². The van der Waals surface area contributed by atoms with E-state index in [0.717, 1.165) is 16.7 Å². The summed E-state index contributed by atoms with van der Waals surface area (Å²) in [5.74, 6) is -0.0935. The number of aromatic nitrogens is 3. The molecule has 0 unspecified atom stereocenters. The zero-order valence-electron chi connectivity index (χ0n) is 14.5. The summed E-state index contributed by atoms with van der Waals surface area (Å²) in [6, 6.07) is 7.99. The smallest absolute Gasteiger partial charge is 0.252 e. The van der Waals surface area contributed by atoms with E-state index in [1.54, 1.807) is 28.9 Å². The van der Waals surface area contributed by atoms with Crippen molar-refractivity contribution in [2.75, 3.05) is 0 Å². The van der Waals surface area contributed by atoms with Gasteiger partial charge in [-0.3, -0.25) is 4.79 Å². The first-order valence-electron chi connectivity index (χ1n) is 8.28. The molecule has 0 aromatic carbocycles. The van der Waals surface area contributed by atoms with Gasteiger partial charge < -0.3 is 5.32 Å². The van der Waals surface area contributed by atoms with Gasteiger partial charge in [0.1, 0.15) is 0 Å². The van der Waals surface area contributed by atoms with Crippen LogP contribution in [-0.4, -0.2) is 20.7 Å². The zero-order valence-corrected chi connectivity index (χ0v) is 16.2. The summed E-state index contributed by atoms with van der Waals surface area (Å²) in [6.45, 7) is 5.16. The number of carbonyl (C=O) groups is 1. The number of nitrogens with one attached hydrogen (secondary N) is 1. The molecule has 5 nitrogen and oxygen atoms in total. The lowest BCUT2D eigenvalue weighted by molar-refractivity contribution is 0.0953. The van der Waals surface area contributed by atoms with Crippen molar-refractivity contribution in [2.45, 2.75) is 26.9 Å². The van der Waals surface area contributed by atoms with E-state index >= 15 is 0 Å². The van der Waals surface area contributed by atoms with Crippen LogP contribution in [0.5, 0.6) is 0 Å². The summed E-state index contributed by atoms with van der Waals surface area (Å²) in [5, 5.41) is 12.4. The molecule has 1 amide bonds. The number of carbonyl (C=O) groups excluding carboxylic acids is 1. The number of amides is 1. The first-order valence-corrected chi connectivity index (χ1v) is 10.0. The summed E-state index contributed by atoms with van der Waals surface area (Å²) in [6.07, 6.45) is 1.74. The monoisotopic (exact) mass is 382 g/mol. The molecule has 0 radical (unpaired) electrons. The molecule has 0 spiro atoms. The molecule has 26 heavy (non-hydrogen) atoms. The Bertz CT molecular complexity index is 1060. The molecule has 0 bridgehead atoms. The van der Waals surface area contributed by atoms with E-state index in [4.69, 9.17) is 0 Å². The third kappa shape index (κ3) is 3.27.